The van der Waals surface area contributed by atoms with E-state index in [1.165, 1.54) is 24.3 Å². The molecule has 8 aromatic carbocycles. The molecule has 14 aromatic rings. The van der Waals surface area contributed by atoms with Gasteiger partial charge in [-0.1, -0.05) is 113 Å². The molecule has 34 heteroatoms. The third-order valence-electron chi connectivity index (χ3n) is 17.1. The molecule has 0 fully saturated rings. The maximum absolute atomic E-state index is 12.8. The molecular weight excluding hydrogens is 1680 g/mol. The lowest BCUT2D eigenvalue weighted by molar-refractivity contribution is 0.101. The van der Waals surface area contributed by atoms with Gasteiger partial charge >= 0.3 is 0 Å². The number of sulfone groups is 3. The first-order valence-corrected chi connectivity index (χ1v) is 44.2. The van der Waals surface area contributed by atoms with Crippen LogP contribution in [0.5, 0.6) is 5.75 Å². The number of aryl methyl sites for hydroxylation is 2. The van der Waals surface area contributed by atoms with Crippen LogP contribution in [-0.2, 0) is 77.4 Å². The Labute approximate surface area is 708 Å². The van der Waals surface area contributed by atoms with E-state index in [2.05, 4.69) is 61.6 Å². The summed E-state index contributed by atoms with van der Waals surface area (Å²) in [6.45, 7) is 0. The van der Waals surface area contributed by atoms with E-state index in [1.54, 1.807) is 207 Å². The Morgan fingerprint density at radius 3 is 1.14 bits per heavy atom. The number of halogens is 4. The van der Waals surface area contributed by atoms with Crippen molar-refractivity contribution in [2.24, 2.45) is 14.1 Å². The fraction of sp³-hybridized carbons (Fsp3) is 0.106. The average Bonchev–Trinajstić information content (AvgIpc) is 1.06. The predicted molar refractivity (Wildman–Crippen MR) is 463 cm³/mol. The molecule has 0 bridgehead atoms. The Balaban J connectivity index is 0.000000156. The van der Waals surface area contributed by atoms with Gasteiger partial charge in [0.25, 0.3) is 23.6 Å². The number of benzene rings is 8. The summed E-state index contributed by atoms with van der Waals surface area (Å²) in [4.78, 5) is 67.8. The van der Waals surface area contributed by atoms with Gasteiger partial charge in [-0.2, -0.15) is 0 Å². The van der Waals surface area contributed by atoms with Crippen molar-refractivity contribution in [1.29, 1.82) is 0 Å². The second-order valence-corrected chi connectivity index (χ2v) is 35.6. The number of ether oxygens (including phenoxy) is 1. The van der Waals surface area contributed by atoms with E-state index in [0.717, 1.165) is 29.3 Å². The van der Waals surface area contributed by atoms with Crippen LogP contribution in [-0.4, -0.2) is 122 Å². The summed E-state index contributed by atoms with van der Waals surface area (Å²) in [7, 11) is -6.59. The minimum absolute atomic E-state index is 0.106. The zero-order chi connectivity index (χ0) is 85.0. The lowest BCUT2D eigenvalue weighted by Gasteiger charge is -2.12. The van der Waals surface area contributed by atoms with Crippen LogP contribution in [0.4, 0.5) is 22.7 Å². The summed E-state index contributed by atoms with van der Waals surface area (Å²) < 4.78 is 91.6. The number of amides is 4. The predicted octanol–water partition coefficient (Wildman–Crippen LogP) is 16.3. The number of hydrogen-bond acceptors (Lipinski definition) is 20. The van der Waals surface area contributed by atoms with Crippen molar-refractivity contribution in [1.82, 2.24) is 49.5 Å². The normalized spacial score (nSPS) is 11.4. The maximum Gasteiger partial charge on any atom is 0.259 e. The van der Waals surface area contributed by atoms with Crippen molar-refractivity contribution in [3.8, 4) is 50.8 Å². The molecule has 1 unspecified atom stereocenters. The molecule has 0 aliphatic rings. The van der Waals surface area contributed by atoms with Crippen LogP contribution in [0.3, 0.4) is 0 Å². The number of anilines is 4. The number of carbonyl (C=O) groups excluding carboxylic acids is 4. The number of pyridine rings is 4. The van der Waals surface area contributed by atoms with E-state index in [0.29, 0.717) is 132 Å². The fourth-order valence-corrected chi connectivity index (χ4v) is 16.5. The molecule has 1 atom stereocenters. The van der Waals surface area contributed by atoms with E-state index in [9.17, 15) is 48.6 Å². The number of hydrogen-bond donors (Lipinski definition) is 4. The first-order chi connectivity index (χ1) is 56.9. The number of methoxy groups -OCH3 is 1. The van der Waals surface area contributed by atoms with Crippen molar-refractivity contribution in [2.45, 2.75) is 33.3 Å². The largest absolute Gasteiger partial charge is 0.496 e. The van der Waals surface area contributed by atoms with Crippen molar-refractivity contribution in [2.75, 3.05) is 40.9 Å². The van der Waals surface area contributed by atoms with Gasteiger partial charge < -0.3 is 35.1 Å². The maximum atomic E-state index is 12.8. The average molecular weight is 1750 g/mol. The van der Waals surface area contributed by atoms with E-state index < -0.39 is 40.3 Å². The van der Waals surface area contributed by atoms with Crippen molar-refractivity contribution < 1.29 is 53.4 Å². The van der Waals surface area contributed by atoms with Crippen LogP contribution >= 0.6 is 46.4 Å². The van der Waals surface area contributed by atoms with Crippen LogP contribution in [0, 0.1) is 0 Å². The highest BCUT2D eigenvalue weighted by Gasteiger charge is 2.23. The molecule has 0 saturated carbocycles. The smallest absolute Gasteiger partial charge is 0.259 e. The zero-order valence-corrected chi connectivity index (χ0v) is 70.1. The number of aromatic nitrogens is 10. The molecule has 0 radical (unpaired) electrons. The van der Waals surface area contributed by atoms with Crippen molar-refractivity contribution >= 4 is 133 Å². The molecule has 14 rings (SSSR count). The minimum atomic E-state index is -3.65. The number of nitrogens with zero attached hydrogens (tertiary/aromatic N) is 10. The van der Waals surface area contributed by atoms with E-state index in [4.69, 9.17) is 51.1 Å². The molecule has 26 nitrogen and oxygen atoms in total. The van der Waals surface area contributed by atoms with Crippen LogP contribution in [0.15, 0.2) is 284 Å². The Morgan fingerprint density at radius 2 is 0.773 bits per heavy atom. The summed E-state index contributed by atoms with van der Waals surface area (Å²) >= 11 is 25.1. The molecule has 119 heavy (non-hydrogen) atoms. The van der Waals surface area contributed by atoms with Crippen LogP contribution < -0.4 is 26.0 Å². The second kappa shape index (κ2) is 40.1. The van der Waals surface area contributed by atoms with Crippen LogP contribution in [0.1, 0.15) is 63.7 Å². The Bertz CT molecular complexity index is 6390. The standard InChI is InChI=1S/C22H18ClN5O3S.C22H18ClN5O2S.C21H19ClN2O4S.C20H17ClN2O3S/c1-28-14-25-27-22(28)32(30,31)13-15-5-7-16(8-6-15)21(29)26-17-9-10-19(23)18(12-17)20-4-2-3-11-24-20;1-28-14-25-27-22(28)31(30)13-15-5-7-16(8-6-15)21(29)26-17-9-10-19(23)18(12-17)20-4-2-3-11-24-20;1-28-20-11-14(13-29(2,26)27)6-8-16(20)21(25)24-15-7-9-18(22)17(12-15)19-5-3-4-10-23-19;1-27(25,26)13-14-5-4-6-15(11-14)20(24)23-16-8-9-18(21)17(12-16)19-7-2-3-10-22-19/h2-12,14H,13H2,1H3,(H,26,29);2-12,14H,13H2,1H3,(H,26,29);3-12H,13H2,1-2H3,(H,24,25);2-12H,13H2,1H3,(H,23,24). The van der Waals surface area contributed by atoms with Gasteiger partial charge in [-0.25, -0.2) is 25.3 Å². The van der Waals surface area contributed by atoms with Gasteiger partial charge in [-0.15, -0.1) is 20.4 Å². The monoisotopic (exact) mass is 1750 g/mol. The van der Waals surface area contributed by atoms with Gasteiger partial charge in [0.15, 0.2) is 19.7 Å². The molecule has 4 amide bonds. The van der Waals surface area contributed by atoms with Gasteiger partial charge in [-0.3, -0.25) is 43.3 Å². The SMILES string of the molecule is COc1cc(CS(C)(=O)=O)ccc1C(=O)Nc1ccc(Cl)c(-c2ccccn2)c1.CS(=O)(=O)Cc1cccc(C(=O)Nc2ccc(Cl)c(-c3ccccn3)c2)c1.Cn1cnnc1S(=O)(=O)Cc1ccc(C(=O)Nc2ccc(Cl)c(-c3ccccn3)c2)cc1.Cn1cnnc1S(=O)Cc1ccc(C(=O)Nc2ccc(Cl)c(-c3ccccn3)c2)cc1. The Kier molecular flexibility index (Phi) is 29.4. The topological polar surface area (TPSA) is 358 Å². The summed E-state index contributed by atoms with van der Waals surface area (Å²) in [5.41, 5.74) is 12.0. The molecule has 0 spiro atoms. The first kappa shape index (κ1) is 87.3. The van der Waals surface area contributed by atoms with Crippen molar-refractivity contribution in [3.05, 3.63) is 339 Å². The zero-order valence-electron chi connectivity index (χ0n) is 63.8. The van der Waals surface area contributed by atoms with Crippen LogP contribution in [0.2, 0.25) is 20.1 Å². The Hall–Kier alpha value is -12.5. The molecule has 0 saturated heterocycles. The van der Waals surface area contributed by atoms with Gasteiger partial charge in [-0.05, 0) is 192 Å². The number of nitrogens with one attached hydrogen (secondary N) is 4. The second-order valence-electron chi connectivity index (χ2n) is 26.4. The third kappa shape index (κ3) is 24.8. The molecule has 4 N–H and O–H groups in total. The van der Waals surface area contributed by atoms with Gasteiger partial charge in [0.1, 0.15) is 18.4 Å². The minimum Gasteiger partial charge on any atom is -0.496 e. The van der Waals surface area contributed by atoms with E-state index in [1.807, 2.05) is 72.8 Å². The lowest BCUT2D eigenvalue weighted by atomic mass is 10.1. The third-order valence-corrected chi connectivity index (χ3v) is 23.2. The summed E-state index contributed by atoms with van der Waals surface area (Å²) in [6, 6.07) is 67.3. The lowest BCUT2D eigenvalue weighted by Crippen LogP contribution is -2.14. The summed E-state index contributed by atoms with van der Waals surface area (Å²) in [5.74, 6) is -1.21. The summed E-state index contributed by atoms with van der Waals surface area (Å²) in [5, 5.41) is 28.6. The van der Waals surface area contributed by atoms with E-state index >= 15 is 0 Å². The van der Waals surface area contributed by atoms with Crippen LogP contribution in [0.25, 0.3) is 45.0 Å². The highest BCUT2D eigenvalue weighted by atomic mass is 35.5. The van der Waals surface area contributed by atoms with Gasteiger partial charge in [0, 0.05) is 113 Å². The van der Waals surface area contributed by atoms with Gasteiger partial charge in [0.05, 0.1) is 89.4 Å². The highest BCUT2D eigenvalue weighted by molar-refractivity contribution is 7.90. The van der Waals surface area contributed by atoms with E-state index in [-0.39, 0.29) is 46.0 Å². The molecule has 0 aliphatic heterocycles. The molecule has 606 valence electrons. The number of carbonyl (C=O) groups is 4. The molecular formula is C85H72Cl4N14O12S4. The fourth-order valence-electron chi connectivity index (χ4n) is 11.6. The molecule has 6 heterocycles. The summed E-state index contributed by atoms with van der Waals surface area (Å²) in [6.07, 6.45) is 11.8. The molecule has 6 aromatic heterocycles. The Morgan fingerprint density at radius 1 is 0.395 bits per heavy atom. The first-order valence-electron chi connectivity index (χ1n) is 35.6. The number of rotatable bonds is 23. The van der Waals surface area contributed by atoms with Gasteiger partial charge in [0.2, 0.25) is 20.2 Å². The quantitative estimate of drug-likeness (QED) is 0.0462. The van der Waals surface area contributed by atoms with Crippen molar-refractivity contribution in [3.63, 3.8) is 0 Å². The molecule has 0 aliphatic carbocycles. The highest BCUT2D eigenvalue weighted by Crippen LogP contribution is 2.35.